The molecule has 0 aliphatic carbocycles. The first kappa shape index (κ1) is 8.85. The topological polar surface area (TPSA) is 35.2 Å². The second kappa shape index (κ2) is 2.89. The van der Waals surface area contributed by atoms with Crippen molar-refractivity contribution in [3.63, 3.8) is 0 Å². The molecule has 0 spiro atoms. The molecule has 2 unspecified atom stereocenters. The summed E-state index contributed by atoms with van der Waals surface area (Å²) in [4.78, 5) is 0. The van der Waals surface area contributed by atoms with E-state index in [0.717, 1.165) is 16.9 Å². The van der Waals surface area contributed by atoms with Crippen molar-refractivity contribution in [2.75, 3.05) is 0 Å². The van der Waals surface area contributed by atoms with Crippen molar-refractivity contribution in [1.29, 1.82) is 0 Å². The van der Waals surface area contributed by atoms with Gasteiger partial charge in [-0.25, -0.2) is 0 Å². The molecule has 0 fully saturated rings. The zero-order valence-corrected chi connectivity index (χ0v) is 8.43. The van der Waals surface area contributed by atoms with Crippen LogP contribution in [-0.4, -0.2) is 6.10 Å². The van der Waals surface area contributed by atoms with Gasteiger partial charge in [-0.15, -0.1) is 0 Å². The van der Waals surface area contributed by atoms with Crippen LogP contribution in [0.25, 0.3) is 0 Å². The van der Waals surface area contributed by atoms with Crippen LogP contribution in [-0.2, 0) is 0 Å². The summed E-state index contributed by atoms with van der Waals surface area (Å²) in [5, 5.41) is 0.662. The number of benzene rings is 1. The molecule has 0 aromatic heterocycles. The lowest BCUT2D eigenvalue weighted by molar-refractivity contribution is 0.228. The van der Waals surface area contributed by atoms with Gasteiger partial charge in [0.15, 0.2) is 0 Å². The summed E-state index contributed by atoms with van der Waals surface area (Å²) in [7, 11) is 0. The van der Waals surface area contributed by atoms with Crippen molar-refractivity contribution in [3.05, 3.63) is 28.3 Å². The molecule has 1 aromatic rings. The third kappa shape index (κ3) is 1.30. The van der Waals surface area contributed by atoms with Crippen LogP contribution in [0, 0.1) is 6.92 Å². The van der Waals surface area contributed by atoms with E-state index in [9.17, 15) is 0 Å². The molecular weight excluding hydrogens is 186 g/mol. The molecule has 0 saturated heterocycles. The van der Waals surface area contributed by atoms with Gasteiger partial charge < -0.3 is 10.5 Å². The first-order chi connectivity index (χ1) is 6.09. The van der Waals surface area contributed by atoms with E-state index < -0.39 is 0 Å². The number of hydrogen-bond donors (Lipinski definition) is 1. The average Bonchev–Trinajstić information content (AvgIpc) is 2.32. The summed E-state index contributed by atoms with van der Waals surface area (Å²) in [6.07, 6.45) is 0.0225. The summed E-state index contributed by atoms with van der Waals surface area (Å²) in [6, 6.07) is 3.88. The Kier molecular flexibility index (Phi) is 1.97. The Labute approximate surface area is 82.6 Å². The highest BCUT2D eigenvalue weighted by atomic mass is 35.5. The minimum absolute atomic E-state index is 0.0225. The van der Waals surface area contributed by atoms with Crippen molar-refractivity contribution in [2.45, 2.75) is 26.0 Å². The fraction of sp³-hybridized carbons (Fsp3) is 0.400. The fourth-order valence-corrected chi connectivity index (χ4v) is 1.97. The van der Waals surface area contributed by atoms with E-state index in [1.54, 1.807) is 0 Å². The molecule has 2 atom stereocenters. The number of rotatable bonds is 0. The normalized spacial score (nSPS) is 25.5. The van der Waals surface area contributed by atoms with Crippen LogP contribution in [0.5, 0.6) is 5.75 Å². The largest absolute Gasteiger partial charge is 0.487 e. The molecule has 0 saturated carbocycles. The molecule has 1 aliphatic rings. The molecule has 3 heteroatoms. The molecule has 1 aromatic carbocycles. The van der Waals surface area contributed by atoms with Crippen LogP contribution in [0.15, 0.2) is 12.1 Å². The second-order valence-corrected chi connectivity index (χ2v) is 3.92. The Morgan fingerprint density at radius 1 is 1.46 bits per heavy atom. The van der Waals surface area contributed by atoms with Gasteiger partial charge in [0.05, 0.1) is 11.1 Å². The smallest absolute Gasteiger partial charge is 0.143 e. The summed E-state index contributed by atoms with van der Waals surface area (Å²) in [6.45, 7) is 3.96. The van der Waals surface area contributed by atoms with Crippen molar-refractivity contribution in [1.82, 2.24) is 0 Å². The van der Waals surface area contributed by atoms with Crippen molar-refractivity contribution in [2.24, 2.45) is 5.73 Å². The van der Waals surface area contributed by atoms with Gasteiger partial charge in [-0.1, -0.05) is 17.7 Å². The molecule has 0 bridgehead atoms. The standard InChI is InChI=1S/C10H12ClNO/c1-5-3-7-9(12)6(2)13-10(7)8(11)4-5/h3-4,6,9H,12H2,1-2H3. The maximum absolute atomic E-state index is 6.02. The van der Waals surface area contributed by atoms with Crippen LogP contribution in [0.4, 0.5) is 0 Å². The first-order valence-electron chi connectivity index (χ1n) is 4.32. The van der Waals surface area contributed by atoms with E-state index in [0.29, 0.717) is 5.02 Å². The van der Waals surface area contributed by atoms with Gasteiger partial charge in [0.1, 0.15) is 11.9 Å². The van der Waals surface area contributed by atoms with Gasteiger partial charge in [-0.2, -0.15) is 0 Å². The SMILES string of the molecule is Cc1cc(Cl)c2c(c1)C(N)C(C)O2. The van der Waals surface area contributed by atoms with E-state index in [2.05, 4.69) is 0 Å². The molecular formula is C10H12ClNO. The summed E-state index contributed by atoms with van der Waals surface area (Å²) in [5.74, 6) is 0.757. The molecule has 2 rings (SSSR count). The van der Waals surface area contributed by atoms with Gasteiger partial charge in [0, 0.05) is 5.56 Å². The minimum atomic E-state index is -0.0487. The van der Waals surface area contributed by atoms with E-state index in [-0.39, 0.29) is 12.1 Å². The van der Waals surface area contributed by atoms with Crippen molar-refractivity contribution in [3.8, 4) is 5.75 Å². The number of nitrogens with two attached hydrogens (primary N) is 1. The van der Waals surface area contributed by atoms with E-state index >= 15 is 0 Å². The molecule has 1 aliphatic heterocycles. The summed E-state index contributed by atoms with van der Waals surface area (Å²) >= 11 is 6.02. The third-order valence-corrected chi connectivity index (χ3v) is 2.67. The van der Waals surface area contributed by atoms with Gasteiger partial charge in [0.25, 0.3) is 0 Å². The predicted octanol–water partition coefficient (Wildman–Crippen LogP) is 2.43. The Hall–Kier alpha value is -0.730. The molecule has 0 radical (unpaired) electrons. The highest BCUT2D eigenvalue weighted by molar-refractivity contribution is 6.32. The highest BCUT2D eigenvalue weighted by Gasteiger charge is 2.29. The quantitative estimate of drug-likeness (QED) is 0.694. The van der Waals surface area contributed by atoms with Crippen LogP contribution in [0.1, 0.15) is 24.1 Å². The van der Waals surface area contributed by atoms with Crippen LogP contribution < -0.4 is 10.5 Å². The molecule has 2 N–H and O–H groups in total. The maximum Gasteiger partial charge on any atom is 0.143 e. The summed E-state index contributed by atoms with van der Waals surface area (Å²) < 4.78 is 5.55. The monoisotopic (exact) mass is 197 g/mol. The number of aryl methyl sites for hydroxylation is 1. The van der Waals surface area contributed by atoms with Crippen molar-refractivity contribution >= 4 is 11.6 Å². The van der Waals surface area contributed by atoms with Crippen molar-refractivity contribution < 1.29 is 4.74 Å². The van der Waals surface area contributed by atoms with Crippen LogP contribution in [0.2, 0.25) is 5.02 Å². The zero-order chi connectivity index (χ0) is 9.59. The molecule has 13 heavy (non-hydrogen) atoms. The van der Waals surface area contributed by atoms with E-state index in [1.807, 2.05) is 26.0 Å². The first-order valence-corrected chi connectivity index (χ1v) is 4.69. The van der Waals surface area contributed by atoms with Gasteiger partial charge >= 0.3 is 0 Å². The molecule has 70 valence electrons. The molecule has 0 amide bonds. The fourth-order valence-electron chi connectivity index (χ4n) is 1.64. The predicted molar refractivity (Wildman–Crippen MR) is 53.2 cm³/mol. The second-order valence-electron chi connectivity index (χ2n) is 3.51. The Morgan fingerprint density at radius 3 is 2.85 bits per heavy atom. The highest BCUT2D eigenvalue weighted by Crippen LogP contribution is 2.40. The van der Waals surface area contributed by atoms with Gasteiger partial charge in [-0.3, -0.25) is 0 Å². The lowest BCUT2D eigenvalue weighted by atomic mass is 10.0. The lowest BCUT2D eigenvalue weighted by Crippen LogP contribution is -2.21. The third-order valence-electron chi connectivity index (χ3n) is 2.39. The number of fused-ring (bicyclic) bond motifs is 1. The lowest BCUT2D eigenvalue weighted by Gasteiger charge is -2.07. The Morgan fingerprint density at radius 2 is 2.15 bits per heavy atom. The van der Waals surface area contributed by atoms with Crippen LogP contribution >= 0.6 is 11.6 Å². The Bertz CT molecular complexity index is 351. The molecule has 1 heterocycles. The van der Waals surface area contributed by atoms with Gasteiger partial charge in [0.2, 0.25) is 0 Å². The Balaban J connectivity index is 2.57. The number of halogens is 1. The average molecular weight is 198 g/mol. The van der Waals surface area contributed by atoms with E-state index in [4.69, 9.17) is 22.1 Å². The molecule has 2 nitrogen and oxygen atoms in total. The van der Waals surface area contributed by atoms with Gasteiger partial charge in [-0.05, 0) is 25.5 Å². The number of ether oxygens (including phenoxy) is 1. The number of hydrogen-bond acceptors (Lipinski definition) is 2. The van der Waals surface area contributed by atoms with Crippen LogP contribution in [0.3, 0.4) is 0 Å². The zero-order valence-electron chi connectivity index (χ0n) is 7.67. The minimum Gasteiger partial charge on any atom is -0.487 e. The summed E-state index contributed by atoms with van der Waals surface area (Å²) in [5.41, 5.74) is 8.09. The maximum atomic E-state index is 6.02. The van der Waals surface area contributed by atoms with E-state index in [1.165, 1.54) is 0 Å².